The molecule has 1 aliphatic heterocycles. The number of hydrogen-bond donors (Lipinski definition) is 0. The third kappa shape index (κ3) is 2.50. The van der Waals surface area contributed by atoms with Crippen molar-refractivity contribution in [3.05, 3.63) is 0 Å². The van der Waals surface area contributed by atoms with Crippen molar-refractivity contribution in [2.45, 2.75) is 26.4 Å². The van der Waals surface area contributed by atoms with E-state index in [1.54, 1.807) is 0 Å². The molecule has 2 atom stereocenters. The van der Waals surface area contributed by atoms with E-state index in [4.69, 9.17) is 9.47 Å². The summed E-state index contributed by atoms with van der Waals surface area (Å²) in [5, 5.41) is 0. The minimum Gasteiger partial charge on any atom is -0.462 e. The highest BCUT2D eigenvalue weighted by Crippen LogP contribution is 2.17. The van der Waals surface area contributed by atoms with Crippen LogP contribution < -0.4 is 0 Å². The van der Waals surface area contributed by atoms with E-state index in [1.807, 2.05) is 6.92 Å². The molecule has 0 radical (unpaired) electrons. The highest BCUT2D eigenvalue weighted by molar-refractivity contribution is 5.66. The van der Waals surface area contributed by atoms with Gasteiger partial charge in [-0.05, 0) is 0 Å². The predicted molar refractivity (Wildman–Crippen MR) is 40.2 cm³/mol. The van der Waals surface area contributed by atoms with Crippen molar-refractivity contribution in [1.29, 1.82) is 0 Å². The van der Waals surface area contributed by atoms with Gasteiger partial charge in [0.05, 0.1) is 13.2 Å². The lowest BCUT2D eigenvalue weighted by Gasteiger charge is -2.27. The average molecular weight is 158 g/mol. The SMILES string of the molecule is CC(=O)OC1CCOCC1C. The van der Waals surface area contributed by atoms with Crippen LogP contribution in [-0.4, -0.2) is 25.3 Å². The van der Waals surface area contributed by atoms with Crippen LogP contribution in [0, 0.1) is 5.92 Å². The quantitative estimate of drug-likeness (QED) is 0.533. The molecule has 3 nitrogen and oxygen atoms in total. The van der Waals surface area contributed by atoms with Gasteiger partial charge in [0, 0.05) is 19.3 Å². The zero-order chi connectivity index (χ0) is 8.27. The van der Waals surface area contributed by atoms with Crippen molar-refractivity contribution in [2.24, 2.45) is 5.92 Å². The van der Waals surface area contributed by atoms with E-state index < -0.39 is 0 Å². The Hall–Kier alpha value is -0.570. The van der Waals surface area contributed by atoms with Gasteiger partial charge >= 0.3 is 5.97 Å². The first-order chi connectivity index (χ1) is 5.20. The van der Waals surface area contributed by atoms with Crippen LogP contribution in [0.2, 0.25) is 0 Å². The Morgan fingerprint density at radius 3 is 2.91 bits per heavy atom. The lowest BCUT2D eigenvalue weighted by atomic mass is 10.0. The number of ether oxygens (including phenoxy) is 2. The first kappa shape index (κ1) is 8.53. The van der Waals surface area contributed by atoms with E-state index in [1.165, 1.54) is 6.92 Å². The summed E-state index contributed by atoms with van der Waals surface area (Å²) in [6.45, 7) is 4.90. The van der Waals surface area contributed by atoms with E-state index in [-0.39, 0.29) is 12.1 Å². The van der Waals surface area contributed by atoms with Crippen molar-refractivity contribution in [2.75, 3.05) is 13.2 Å². The van der Waals surface area contributed by atoms with E-state index in [2.05, 4.69) is 0 Å². The highest BCUT2D eigenvalue weighted by Gasteiger charge is 2.23. The Bertz CT molecular complexity index is 144. The van der Waals surface area contributed by atoms with Crippen molar-refractivity contribution in [3.63, 3.8) is 0 Å². The van der Waals surface area contributed by atoms with Gasteiger partial charge in [-0.1, -0.05) is 6.92 Å². The molecule has 1 heterocycles. The Balaban J connectivity index is 2.35. The molecule has 0 amide bonds. The summed E-state index contributed by atoms with van der Waals surface area (Å²) in [6.07, 6.45) is 0.905. The molecule has 1 aliphatic rings. The number of esters is 1. The van der Waals surface area contributed by atoms with Crippen molar-refractivity contribution < 1.29 is 14.3 Å². The molecule has 0 aromatic carbocycles. The molecule has 0 bridgehead atoms. The Labute approximate surface area is 66.7 Å². The molecule has 0 aliphatic carbocycles. The van der Waals surface area contributed by atoms with Gasteiger partial charge in [0.25, 0.3) is 0 Å². The van der Waals surface area contributed by atoms with Crippen molar-refractivity contribution >= 4 is 5.97 Å². The number of carbonyl (C=O) groups is 1. The number of rotatable bonds is 1. The Morgan fingerprint density at radius 2 is 2.36 bits per heavy atom. The fourth-order valence-corrected chi connectivity index (χ4v) is 1.25. The van der Waals surface area contributed by atoms with Gasteiger partial charge in [0.1, 0.15) is 6.10 Å². The summed E-state index contributed by atoms with van der Waals surface area (Å²) < 4.78 is 10.3. The van der Waals surface area contributed by atoms with E-state index >= 15 is 0 Å². The van der Waals surface area contributed by atoms with Crippen LogP contribution in [0.1, 0.15) is 20.3 Å². The zero-order valence-corrected chi connectivity index (χ0v) is 7.00. The molecule has 0 saturated carbocycles. The van der Waals surface area contributed by atoms with Crippen LogP contribution in [0.5, 0.6) is 0 Å². The van der Waals surface area contributed by atoms with Gasteiger partial charge in [-0.3, -0.25) is 4.79 Å². The Kier molecular flexibility index (Phi) is 2.88. The maximum Gasteiger partial charge on any atom is 0.302 e. The van der Waals surface area contributed by atoms with Gasteiger partial charge in [-0.15, -0.1) is 0 Å². The second-order valence-corrected chi connectivity index (χ2v) is 2.99. The van der Waals surface area contributed by atoms with Gasteiger partial charge in [-0.2, -0.15) is 0 Å². The molecule has 0 N–H and O–H groups in total. The van der Waals surface area contributed by atoms with Gasteiger partial charge in [-0.25, -0.2) is 0 Å². The average Bonchev–Trinajstić information content (AvgIpc) is 1.93. The summed E-state index contributed by atoms with van der Waals surface area (Å²) in [6, 6.07) is 0. The molecule has 3 heteroatoms. The fraction of sp³-hybridized carbons (Fsp3) is 0.875. The zero-order valence-electron chi connectivity index (χ0n) is 7.00. The Morgan fingerprint density at radius 1 is 1.64 bits per heavy atom. The smallest absolute Gasteiger partial charge is 0.302 e. The summed E-state index contributed by atoms with van der Waals surface area (Å²) in [4.78, 5) is 10.6. The van der Waals surface area contributed by atoms with Gasteiger partial charge in [0.2, 0.25) is 0 Å². The normalized spacial score (nSPS) is 31.5. The highest BCUT2D eigenvalue weighted by atomic mass is 16.6. The third-order valence-corrected chi connectivity index (χ3v) is 1.88. The molecule has 1 saturated heterocycles. The van der Waals surface area contributed by atoms with Crippen LogP contribution >= 0.6 is 0 Å². The lowest BCUT2D eigenvalue weighted by Crippen LogP contribution is -2.33. The minimum atomic E-state index is -0.191. The molecule has 1 fully saturated rings. The molecule has 0 aromatic rings. The van der Waals surface area contributed by atoms with E-state index in [0.717, 1.165) is 6.42 Å². The first-order valence-electron chi connectivity index (χ1n) is 3.95. The number of hydrogen-bond acceptors (Lipinski definition) is 3. The van der Waals surface area contributed by atoms with E-state index in [0.29, 0.717) is 19.1 Å². The summed E-state index contributed by atoms with van der Waals surface area (Å²) in [5.41, 5.74) is 0. The first-order valence-corrected chi connectivity index (χ1v) is 3.95. The maximum absolute atomic E-state index is 10.6. The molecule has 2 unspecified atom stereocenters. The predicted octanol–water partition coefficient (Wildman–Crippen LogP) is 0.974. The van der Waals surface area contributed by atoms with Crippen LogP contribution in [0.25, 0.3) is 0 Å². The van der Waals surface area contributed by atoms with E-state index in [9.17, 15) is 4.79 Å². The lowest BCUT2D eigenvalue weighted by molar-refractivity contribution is -0.154. The molecule has 0 spiro atoms. The molecular formula is C8H14O3. The van der Waals surface area contributed by atoms with Crippen molar-refractivity contribution in [1.82, 2.24) is 0 Å². The van der Waals surface area contributed by atoms with Crippen LogP contribution in [-0.2, 0) is 14.3 Å². The fourth-order valence-electron chi connectivity index (χ4n) is 1.25. The van der Waals surface area contributed by atoms with Gasteiger partial charge in [0.15, 0.2) is 0 Å². The molecule has 1 rings (SSSR count). The standard InChI is InChI=1S/C8H14O3/c1-6-5-10-4-3-8(6)11-7(2)9/h6,8H,3-5H2,1-2H3. The van der Waals surface area contributed by atoms with Crippen LogP contribution in [0.4, 0.5) is 0 Å². The van der Waals surface area contributed by atoms with Gasteiger partial charge < -0.3 is 9.47 Å². The van der Waals surface area contributed by atoms with Crippen LogP contribution in [0.15, 0.2) is 0 Å². The molecule has 11 heavy (non-hydrogen) atoms. The van der Waals surface area contributed by atoms with Crippen molar-refractivity contribution in [3.8, 4) is 0 Å². The van der Waals surface area contributed by atoms with Crippen LogP contribution in [0.3, 0.4) is 0 Å². The largest absolute Gasteiger partial charge is 0.462 e. The monoisotopic (exact) mass is 158 g/mol. The third-order valence-electron chi connectivity index (χ3n) is 1.88. The minimum absolute atomic E-state index is 0.0706. The number of carbonyl (C=O) groups excluding carboxylic acids is 1. The topological polar surface area (TPSA) is 35.5 Å². The molecule has 64 valence electrons. The molecular weight excluding hydrogens is 144 g/mol. The second-order valence-electron chi connectivity index (χ2n) is 2.99. The maximum atomic E-state index is 10.6. The summed E-state index contributed by atoms with van der Waals surface area (Å²) in [5.74, 6) is 0.149. The second kappa shape index (κ2) is 3.72. The molecule has 0 aromatic heterocycles. The summed E-state index contributed by atoms with van der Waals surface area (Å²) in [7, 11) is 0. The summed E-state index contributed by atoms with van der Waals surface area (Å²) >= 11 is 0.